The van der Waals surface area contributed by atoms with Gasteiger partial charge in [0.05, 0.1) is 0 Å². The van der Waals surface area contributed by atoms with E-state index < -0.39 is 0 Å². The fraction of sp³-hybridized carbons (Fsp3) is 0.188. The van der Waals surface area contributed by atoms with Crippen molar-refractivity contribution in [2.45, 2.75) is 13.5 Å². The zero-order valence-corrected chi connectivity index (χ0v) is 11.2. The first-order valence-electron chi connectivity index (χ1n) is 6.28. The Morgan fingerprint density at radius 2 is 2.10 bits per heavy atom. The van der Waals surface area contributed by atoms with Gasteiger partial charge in [0.2, 0.25) is 0 Å². The number of hydrogen-bond donors (Lipinski definition) is 1. The van der Waals surface area contributed by atoms with Gasteiger partial charge in [-0.05, 0) is 42.3 Å². The van der Waals surface area contributed by atoms with Crippen LogP contribution in [0.15, 0.2) is 42.5 Å². The van der Waals surface area contributed by atoms with E-state index in [0.29, 0.717) is 12.3 Å². The number of aryl methyl sites for hydroxylation is 1. The van der Waals surface area contributed by atoms with Crippen LogP contribution in [0.3, 0.4) is 0 Å². The van der Waals surface area contributed by atoms with Crippen molar-refractivity contribution in [3.05, 3.63) is 59.4 Å². The maximum atomic E-state index is 13.0. The SMILES string of the molecule is Cc1cc(F)ccc1CNc1cccc(OCC#N)c1. The quantitative estimate of drug-likeness (QED) is 0.902. The van der Waals surface area contributed by atoms with Crippen molar-refractivity contribution in [1.29, 1.82) is 5.26 Å². The minimum Gasteiger partial charge on any atom is -0.479 e. The van der Waals surface area contributed by atoms with Gasteiger partial charge in [-0.15, -0.1) is 0 Å². The number of nitrogens with one attached hydrogen (secondary N) is 1. The third kappa shape index (κ3) is 3.72. The Labute approximate surface area is 117 Å². The Morgan fingerprint density at radius 1 is 1.25 bits per heavy atom. The van der Waals surface area contributed by atoms with Gasteiger partial charge in [0.15, 0.2) is 6.61 Å². The smallest absolute Gasteiger partial charge is 0.174 e. The fourth-order valence-electron chi connectivity index (χ4n) is 1.87. The van der Waals surface area contributed by atoms with E-state index in [-0.39, 0.29) is 12.4 Å². The van der Waals surface area contributed by atoms with Crippen molar-refractivity contribution in [1.82, 2.24) is 0 Å². The van der Waals surface area contributed by atoms with Crippen LogP contribution in [-0.2, 0) is 6.54 Å². The van der Waals surface area contributed by atoms with Gasteiger partial charge in [0.25, 0.3) is 0 Å². The lowest BCUT2D eigenvalue weighted by Gasteiger charge is -2.10. The van der Waals surface area contributed by atoms with Crippen LogP contribution in [0.4, 0.5) is 10.1 Å². The summed E-state index contributed by atoms with van der Waals surface area (Å²) in [5.41, 5.74) is 2.84. The van der Waals surface area contributed by atoms with Crippen molar-refractivity contribution in [2.75, 3.05) is 11.9 Å². The highest BCUT2D eigenvalue weighted by Gasteiger charge is 2.01. The van der Waals surface area contributed by atoms with Gasteiger partial charge >= 0.3 is 0 Å². The lowest BCUT2D eigenvalue weighted by molar-refractivity contribution is 0.368. The van der Waals surface area contributed by atoms with Gasteiger partial charge in [-0.3, -0.25) is 0 Å². The average molecular weight is 270 g/mol. The molecule has 0 unspecified atom stereocenters. The van der Waals surface area contributed by atoms with Gasteiger partial charge in [0.1, 0.15) is 17.6 Å². The van der Waals surface area contributed by atoms with Gasteiger partial charge < -0.3 is 10.1 Å². The van der Waals surface area contributed by atoms with Gasteiger partial charge in [-0.2, -0.15) is 5.26 Å². The van der Waals surface area contributed by atoms with Crippen LogP contribution in [0.5, 0.6) is 5.75 Å². The lowest BCUT2D eigenvalue weighted by Crippen LogP contribution is -2.02. The molecule has 2 aromatic rings. The van der Waals surface area contributed by atoms with Gasteiger partial charge in [0, 0.05) is 18.3 Å². The highest BCUT2D eigenvalue weighted by Crippen LogP contribution is 2.19. The molecule has 2 aromatic carbocycles. The van der Waals surface area contributed by atoms with Crippen LogP contribution in [-0.4, -0.2) is 6.61 Å². The molecule has 0 aliphatic carbocycles. The molecule has 0 fully saturated rings. The molecule has 2 rings (SSSR count). The number of hydrogen-bond acceptors (Lipinski definition) is 3. The predicted octanol–water partition coefficient (Wildman–Crippen LogP) is 3.65. The molecule has 0 amide bonds. The van der Waals surface area contributed by atoms with E-state index in [0.717, 1.165) is 16.8 Å². The van der Waals surface area contributed by atoms with Crippen LogP contribution >= 0.6 is 0 Å². The van der Waals surface area contributed by atoms with E-state index in [2.05, 4.69) is 5.32 Å². The summed E-state index contributed by atoms with van der Waals surface area (Å²) in [6, 6.07) is 14.1. The van der Waals surface area contributed by atoms with Crippen molar-refractivity contribution < 1.29 is 9.13 Å². The fourth-order valence-corrected chi connectivity index (χ4v) is 1.87. The molecule has 0 bridgehead atoms. The Morgan fingerprint density at radius 3 is 2.85 bits per heavy atom. The number of nitriles is 1. The maximum Gasteiger partial charge on any atom is 0.174 e. The zero-order chi connectivity index (χ0) is 14.4. The molecular formula is C16H15FN2O. The van der Waals surface area contributed by atoms with Crippen LogP contribution in [0.25, 0.3) is 0 Å². The standard InChI is InChI=1S/C16H15FN2O/c1-12-9-14(17)6-5-13(12)11-19-15-3-2-4-16(10-15)20-8-7-18/h2-6,9-10,19H,8,11H2,1H3. The number of benzene rings is 2. The summed E-state index contributed by atoms with van der Waals surface area (Å²) >= 11 is 0. The van der Waals surface area contributed by atoms with Crippen molar-refractivity contribution >= 4 is 5.69 Å². The van der Waals surface area contributed by atoms with Gasteiger partial charge in [-0.25, -0.2) is 4.39 Å². The molecule has 0 saturated heterocycles. The summed E-state index contributed by atoms with van der Waals surface area (Å²) in [6.45, 7) is 2.51. The van der Waals surface area contributed by atoms with E-state index in [4.69, 9.17) is 10.00 Å². The molecule has 3 nitrogen and oxygen atoms in total. The predicted molar refractivity (Wildman–Crippen MR) is 76.0 cm³/mol. The molecule has 0 radical (unpaired) electrons. The number of rotatable bonds is 5. The normalized spacial score (nSPS) is 9.85. The van der Waals surface area contributed by atoms with E-state index in [1.54, 1.807) is 12.1 Å². The van der Waals surface area contributed by atoms with Crippen LogP contribution in [0.2, 0.25) is 0 Å². The third-order valence-corrected chi connectivity index (χ3v) is 2.93. The van der Waals surface area contributed by atoms with E-state index in [1.165, 1.54) is 12.1 Å². The summed E-state index contributed by atoms with van der Waals surface area (Å²) < 4.78 is 18.3. The summed E-state index contributed by atoms with van der Waals surface area (Å²) in [5.74, 6) is 0.422. The molecule has 1 N–H and O–H groups in total. The molecule has 20 heavy (non-hydrogen) atoms. The molecule has 102 valence electrons. The average Bonchev–Trinajstić information content (AvgIpc) is 2.45. The third-order valence-electron chi connectivity index (χ3n) is 2.93. The van der Waals surface area contributed by atoms with Crippen LogP contribution in [0.1, 0.15) is 11.1 Å². The molecule has 0 aromatic heterocycles. The van der Waals surface area contributed by atoms with Crippen LogP contribution < -0.4 is 10.1 Å². The minimum absolute atomic E-state index is 0.0283. The number of halogens is 1. The first-order chi connectivity index (χ1) is 9.69. The summed E-state index contributed by atoms with van der Waals surface area (Å²) in [4.78, 5) is 0. The second-order valence-electron chi connectivity index (χ2n) is 4.40. The maximum absolute atomic E-state index is 13.0. The highest BCUT2D eigenvalue weighted by molar-refractivity contribution is 5.49. The van der Waals surface area contributed by atoms with Gasteiger partial charge in [-0.1, -0.05) is 12.1 Å². The molecule has 0 atom stereocenters. The second kappa shape index (κ2) is 6.58. The molecule has 4 heteroatoms. The highest BCUT2D eigenvalue weighted by atomic mass is 19.1. The largest absolute Gasteiger partial charge is 0.479 e. The van der Waals surface area contributed by atoms with Crippen LogP contribution in [0, 0.1) is 24.1 Å². The molecule has 0 aliphatic heterocycles. The topological polar surface area (TPSA) is 45.0 Å². The monoisotopic (exact) mass is 270 g/mol. The molecule has 0 spiro atoms. The van der Waals surface area contributed by atoms with E-state index in [1.807, 2.05) is 31.2 Å². The number of anilines is 1. The summed E-state index contributed by atoms with van der Waals surface area (Å²) in [5, 5.41) is 11.7. The van der Waals surface area contributed by atoms with Crippen molar-refractivity contribution in [3.63, 3.8) is 0 Å². The summed E-state index contributed by atoms with van der Waals surface area (Å²) in [6.07, 6.45) is 0. The minimum atomic E-state index is -0.224. The second-order valence-corrected chi connectivity index (χ2v) is 4.40. The van der Waals surface area contributed by atoms with Crippen molar-refractivity contribution in [3.8, 4) is 11.8 Å². The summed E-state index contributed by atoms with van der Waals surface area (Å²) in [7, 11) is 0. The van der Waals surface area contributed by atoms with Crippen molar-refractivity contribution in [2.24, 2.45) is 0 Å². The molecule has 0 saturated carbocycles. The molecule has 0 heterocycles. The Kier molecular flexibility index (Phi) is 4.56. The lowest BCUT2D eigenvalue weighted by atomic mass is 10.1. The Bertz CT molecular complexity index is 635. The molecule has 0 aliphatic rings. The first-order valence-corrected chi connectivity index (χ1v) is 6.28. The molecular weight excluding hydrogens is 255 g/mol. The van der Waals surface area contributed by atoms with E-state index in [9.17, 15) is 4.39 Å². The Balaban J connectivity index is 2.01. The first kappa shape index (κ1) is 13.9. The Hall–Kier alpha value is -2.54. The zero-order valence-electron chi connectivity index (χ0n) is 11.2. The van der Waals surface area contributed by atoms with E-state index >= 15 is 0 Å². The number of ether oxygens (including phenoxy) is 1. The number of nitrogens with zero attached hydrogens (tertiary/aromatic N) is 1.